The van der Waals surface area contributed by atoms with Gasteiger partial charge < -0.3 is 14.8 Å². The standard InChI is InChI=1S/C13H25NO4/c1-5-6-7-8-17-12(15)11(4)14-13(16)18-9-10(2)3/h10-11H,5-9H2,1-4H3,(H,14,16). The molecule has 0 spiro atoms. The van der Waals surface area contributed by atoms with Crippen molar-refractivity contribution in [2.45, 2.75) is 53.0 Å². The van der Waals surface area contributed by atoms with Gasteiger partial charge >= 0.3 is 12.1 Å². The highest BCUT2D eigenvalue weighted by molar-refractivity contribution is 5.80. The van der Waals surface area contributed by atoms with E-state index in [1.807, 2.05) is 13.8 Å². The molecule has 0 radical (unpaired) electrons. The van der Waals surface area contributed by atoms with Gasteiger partial charge in [0.2, 0.25) is 0 Å². The maximum absolute atomic E-state index is 11.5. The molecule has 0 aromatic heterocycles. The lowest BCUT2D eigenvalue weighted by Crippen LogP contribution is -2.40. The Kier molecular flexibility index (Phi) is 9.06. The summed E-state index contributed by atoms with van der Waals surface area (Å²) in [5, 5.41) is 2.44. The summed E-state index contributed by atoms with van der Waals surface area (Å²) in [6, 6.07) is -0.675. The minimum atomic E-state index is -0.675. The Balaban J connectivity index is 3.75. The number of rotatable bonds is 8. The molecule has 5 nitrogen and oxygen atoms in total. The fourth-order valence-corrected chi connectivity index (χ4v) is 1.17. The Hall–Kier alpha value is -1.26. The molecule has 1 amide bonds. The number of carbonyl (C=O) groups excluding carboxylic acids is 2. The fourth-order valence-electron chi connectivity index (χ4n) is 1.17. The highest BCUT2D eigenvalue weighted by Crippen LogP contribution is 1.97. The highest BCUT2D eigenvalue weighted by atomic mass is 16.6. The maximum atomic E-state index is 11.5. The molecule has 1 atom stereocenters. The second-order valence-corrected chi connectivity index (χ2v) is 4.73. The van der Waals surface area contributed by atoms with Crippen molar-refractivity contribution in [1.29, 1.82) is 0 Å². The Morgan fingerprint density at radius 3 is 2.33 bits per heavy atom. The summed E-state index contributed by atoms with van der Waals surface area (Å²) in [6.45, 7) is 8.29. The molecule has 0 saturated carbocycles. The molecule has 106 valence electrons. The van der Waals surface area contributed by atoms with Crippen molar-refractivity contribution >= 4 is 12.1 Å². The molecule has 5 heteroatoms. The van der Waals surface area contributed by atoms with Gasteiger partial charge in [-0.3, -0.25) is 0 Å². The lowest BCUT2D eigenvalue weighted by atomic mass is 10.2. The molecule has 0 aliphatic heterocycles. The number of unbranched alkanes of at least 4 members (excludes halogenated alkanes) is 2. The Bertz CT molecular complexity index is 253. The van der Waals surface area contributed by atoms with Gasteiger partial charge in [0.15, 0.2) is 0 Å². The van der Waals surface area contributed by atoms with Crippen LogP contribution in [0.15, 0.2) is 0 Å². The Morgan fingerprint density at radius 1 is 1.11 bits per heavy atom. The van der Waals surface area contributed by atoms with Gasteiger partial charge in [-0.1, -0.05) is 33.6 Å². The summed E-state index contributed by atoms with van der Waals surface area (Å²) < 4.78 is 9.93. The summed E-state index contributed by atoms with van der Waals surface area (Å²) in [5.41, 5.74) is 0. The zero-order chi connectivity index (χ0) is 14.0. The second kappa shape index (κ2) is 9.74. The summed E-state index contributed by atoms with van der Waals surface area (Å²) in [5.74, 6) is -0.153. The van der Waals surface area contributed by atoms with Gasteiger partial charge in [0, 0.05) is 0 Å². The first-order valence-electron chi connectivity index (χ1n) is 6.57. The fraction of sp³-hybridized carbons (Fsp3) is 0.846. The van der Waals surface area contributed by atoms with E-state index in [2.05, 4.69) is 12.2 Å². The van der Waals surface area contributed by atoms with E-state index >= 15 is 0 Å². The largest absolute Gasteiger partial charge is 0.464 e. The van der Waals surface area contributed by atoms with E-state index in [1.54, 1.807) is 6.92 Å². The van der Waals surface area contributed by atoms with Crippen LogP contribution in [0.3, 0.4) is 0 Å². The first kappa shape index (κ1) is 16.7. The molecular weight excluding hydrogens is 234 g/mol. The minimum Gasteiger partial charge on any atom is -0.464 e. The molecular formula is C13H25NO4. The molecule has 0 saturated heterocycles. The molecule has 0 fully saturated rings. The number of alkyl carbamates (subject to hydrolysis) is 1. The van der Waals surface area contributed by atoms with Crippen molar-refractivity contribution in [2.24, 2.45) is 5.92 Å². The SMILES string of the molecule is CCCCCOC(=O)C(C)NC(=O)OCC(C)C. The first-order valence-corrected chi connectivity index (χ1v) is 6.57. The summed E-state index contributed by atoms with van der Waals surface area (Å²) >= 11 is 0. The molecule has 0 aliphatic rings. The van der Waals surface area contributed by atoms with Crippen molar-refractivity contribution in [3.8, 4) is 0 Å². The minimum absolute atomic E-state index is 0.270. The number of carbonyl (C=O) groups is 2. The third kappa shape index (κ3) is 8.84. The third-order valence-electron chi connectivity index (χ3n) is 2.23. The molecule has 1 N–H and O–H groups in total. The summed E-state index contributed by atoms with van der Waals surface area (Å²) in [6.07, 6.45) is 2.38. The van der Waals surface area contributed by atoms with Crippen molar-refractivity contribution in [2.75, 3.05) is 13.2 Å². The van der Waals surface area contributed by atoms with E-state index in [-0.39, 0.29) is 5.92 Å². The van der Waals surface area contributed by atoms with E-state index in [9.17, 15) is 9.59 Å². The van der Waals surface area contributed by atoms with E-state index in [1.165, 1.54) is 0 Å². The summed E-state index contributed by atoms with van der Waals surface area (Å²) in [4.78, 5) is 22.8. The second-order valence-electron chi connectivity index (χ2n) is 4.73. The average Bonchev–Trinajstić information content (AvgIpc) is 2.31. The average molecular weight is 259 g/mol. The van der Waals surface area contributed by atoms with Crippen LogP contribution in [-0.4, -0.2) is 31.3 Å². The van der Waals surface area contributed by atoms with E-state index in [0.717, 1.165) is 19.3 Å². The van der Waals surface area contributed by atoms with Crippen LogP contribution >= 0.6 is 0 Å². The number of hydrogen-bond acceptors (Lipinski definition) is 4. The predicted octanol–water partition coefficient (Wildman–Crippen LogP) is 2.49. The molecule has 18 heavy (non-hydrogen) atoms. The van der Waals surface area contributed by atoms with Crippen molar-refractivity contribution in [3.05, 3.63) is 0 Å². The van der Waals surface area contributed by atoms with Crippen LogP contribution in [-0.2, 0) is 14.3 Å². The predicted molar refractivity (Wildman–Crippen MR) is 69.3 cm³/mol. The van der Waals surface area contributed by atoms with Gasteiger partial charge in [-0.05, 0) is 19.3 Å². The van der Waals surface area contributed by atoms with Crippen LogP contribution in [0.5, 0.6) is 0 Å². The molecule has 0 aliphatic carbocycles. The zero-order valence-corrected chi connectivity index (χ0v) is 11.8. The molecule has 0 aromatic carbocycles. The zero-order valence-electron chi connectivity index (χ0n) is 11.8. The lowest BCUT2D eigenvalue weighted by molar-refractivity contribution is -0.145. The van der Waals surface area contributed by atoms with Crippen molar-refractivity contribution in [1.82, 2.24) is 5.32 Å². The summed E-state index contributed by atoms with van der Waals surface area (Å²) in [7, 11) is 0. The monoisotopic (exact) mass is 259 g/mol. The van der Waals surface area contributed by atoms with Crippen LogP contribution in [0.1, 0.15) is 47.0 Å². The molecule has 0 bridgehead atoms. The van der Waals surface area contributed by atoms with Gasteiger partial charge in [-0.25, -0.2) is 9.59 Å². The van der Waals surface area contributed by atoms with Gasteiger partial charge in [0.1, 0.15) is 6.04 Å². The van der Waals surface area contributed by atoms with Crippen molar-refractivity contribution in [3.63, 3.8) is 0 Å². The normalized spacial score (nSPS) is 12.1. The van der Waals surface area contributed by atoms with E-state index in [0.29, 0.717) is 13.2 Å². The van der Waals surface area contributed by atoms with Crippen LogP contribution in [0.4, 0.5) is 4.79 Å². The maximum Gasteiger partial charge on any atom is 0.407 e. The third-order valence-corrected chi connectivity index (χ3v) is 2.23. The number of ether oxygens (including phenoxy) is 2. The van der Waals surface area contributed by atoms with Gasteiger partial charge in [-0.2, -0.15) is 0 Å². The molecule has 0 aromatic rings. The quantitative estimate of drug-likeness (QED) is 0.537. The number of nitrogens with one attached hydrogen (secondary N) is 1. The van der Waals surface area contributed by atoms with Crippen LogP contribution in [0, 0.1) is 5.92 Å². The topological polar surface area (TPSA) is 64.6 Å². The first-order chi connectivity index (χ1) is 8.47. The Labute approximate surface area is 109 Å². The van der Waals surface area contributed by atoms with E-state index < -0.39 is 18.1 Å². The number of hydrogen-bond donors (Lipinski definition) is 1. The number of amides is 1. The van der Waals surface area contributed by atoms with Gasteiger partial charge in [0.25, 0.3) is 0 Å². The van der Waals surface area contributed by atoms with Crippen LogP contribution in [0.2, 0.25) is 0 Å². The Morgan fingerprint density at radius 2 is 1.78 bits per heavy atom. The molecule has 0 heterocycles. The highest BCUT2D eigenvalue weighted by Gasteiger charge is 2.17. The van der Waals surface area contributed by atoms with Crippen molar-refractivity contribution < 1.29 is 19.1 Å². The van der Waals surface area contributed by atoms with Crippen LogP contribution < -0.4 is 5.32 Å². The van der Waals surface area contributed by atoms with Gasteiger partial charge in [0.05, 0.1) is 13.2 Å². The number of esters is 1. The smallest absolute Gasteiger partial charge is 0.407 e. The molecule has 0 rings (SSSR count). The van der Waals surface area contributed by atoms with Crippen LogP contribution in [0.25, 0.3) is 0 Å². The molecule has 1 unspecified atom stereocenters. The van der Waals surface area contributed by atoms with Gasteiger partial charge in [-0.15, -0.1) is 0 Å². The lowest BCUT2D eigenvalue weighted by Gasteiger charge is -2.14. The van der Waals surface area contributed by atoms with E-state index in [4.69, 9.17) is 9.47 Å².